The molecule has 3 unspecified atom stereocenters. The van der Waals surface area contributed by atoms with Crippen molar-refractivity contribution in [3.05, 3.63) is 24.3 Å². The lowest BCUT2D eigenvalue weighted by atomic mass is 10.0. The predicted molar refractivity (Wildman–Crippen MR) is 272 cm³/mol. The normalized spacial score (nSPS) is 14.2. The molecule has 0 saturated heterocycles. The fourth-order valence-corrected chi connectivity index (χ4v) is 8.87. The Morgan fingerprint density at radius 3 is 1.33 bits per heavy atom. The van der Waals surface area contributed by atoms with Gasteiger partial charge in [-0.05, 0) is 44.9 Å². The highest BCUT2D eigenvalue weighted by Gasteiger charge is 2.28. The van der Waals surface area contributed by atoms with Crippen molar-refractivity contribution in [2.45, 2.75) is 276 Å². The lowest BCUT2D eigenvalue weighted by Crippen LogP contribution is -2.46. The summed E-state index contributed by atoms with van der Waals surface area (Å²) in [6.45, 7) is 4.88. The van der Waals surface area contributed by atoms with Crippen LogP contribution in [0.3, 0.4) is 0 Å². The van der Waals surface area contributed by atoms with E-state index in [-0.39, 0.29) is 19.1 Å². The summed E-state index contributed by atoms with van der Waals surface area (Å²) >= 11 is 0. The Labute approximate surface area is 392 Å². The average molecular weight is 912 g/mol. The van der Waals surface area contributed by atoms with E-state index < -0.39 is 20.0 Å². The highest BCUT2D eigenvalue weighted by atomic mass is 31.2. The summed E-state index contributed by atoms with van der Waals surface area (Å²) in [5.74, 6) is -0.155. The van der Waals surface area contributed by atoms with Gasteiger partial charge < -0.3 is 19.8 Å². The molecule has 3 N–H and O–H groups in total. The van der Waals surface area contributed by atoms with Gasteiger partial charge in [-0.2, -0.15) is 0 Å². The maximum atomic E-state index is 12.9. The molecule has 0 aliphatic rings. The third kappa shape index (κ3) is 48.7. The molecule has 0 aromatic rings. The van der Waals surface area contributed by atoms with Gasteiger partial charge in [-0.15, -0.1) is 0 Å². The molecule has 0 spiro atoms. The minimum Gasteiger partial charge on any atom is -0.391 e. The van der Waals surface area contributed by atoms with Gasteiger partial charge >= 0.3 is 7.82 Å². The summed E-state index contributed by atoms with van der Waals surface area (Å²) in [5.41, 5.74) is 0. The number of rotatable bonds is 50. The largest absolute Gasteiger partial charge is 0.472 e. The molecule has 0 aromatic carbocycles. The van der Waals surface area contributed by atoms with Gasteiger partial charge in [0.15, 0.2) is 0 Å². The van der Waals surface area contributed by atoms with Crippen molar-refractivity contribution in [2.24, 2.45) is 0 Å². The first-order valence-corrected chi connectivity index (χ1v) is 28.7. The number of amides is 1. The molecule has 8 nitrogen and oxygen atoms in total. The molecule has 3 atom stereocenters. The van der Waals surface area contributed by atoms with Crippen LogP contribution in [0.1, 0.15) is 264 Å². The fourth-order valence-electron chi connectivity index (χ4n) is 8.14. The molecule has 0 bridgehead atoms. The maximum absolute atomic E-state index is 12.9. The summed E-state index contributed by atoms with van der Waals surface area (Å²) in [5, 5.41) is 14.0. The summed E-state index contributed by atoms with van der Waals surface area (Å²) < 4.78 is 23.7. The molecule has 0 heterocycles. The van der Waals surface area contributed by atoms with Crippen LogP contribution in [0.2, 0.25) is 0 Å². The van der Waals surface area contributed by atoms with Crippen molar-refractivity contribution >= 4 is 13.7 Å². The average Bonchev–Trinajstić information content (AvgIpc) is 3.24. The van der Waals surface area contributed by atoms with Crippen LogP contribution < -0.4 is 5.32 Å². The van der Waals surface area contributed by atoms with E-state index in [0.717, 1.165) is 64.2 Å². The van der Waals surface area contributed by atoms with E-state index in [1.807, 2.05) is 21.1 Å². The monoisotopic (exact) mass is 912 g/mol. The molecular weight excluding hydrogens is 804 g/mol. The number of allylic oxidation sites excluding steroid dienone is 4. The second-order valence-electron chi connectivity index (χ2n) is 20.0. The molecule has 0 saturated carbocycles. The third-order valence-electron chi connectivity index (χ3n) is 12.5. The van der Waals surface area contributed by atoms with E-state index in [4.69, 9.17) is 9.05 Å². The second-order valence-corrected chi connectivity index (χ2v) is 21.4. The Hall–Kier alpha value is -1.02. The molecule has 0 aliphatic heterocycles. The molecule has 0 aliphatic carbocycles. The first kappa shape index (κ1) is 62.0. The number of unbranched alkanes of at least 4 members (excludes halogenated alkanes) is 33. The Kier molecular flexibility index (Phi) is 45.4. The van der Waals surface area contributed by atoms with Gasteiger partial charge in [-0.3, -0.25) is 13.8 Å². The van der Waals surface area contributed by atoms with Crippen molar-refractivity contribution < 1.29 is 32.9 Å². The van der Waals surface area contributed by atoms with E-state index in [1.165, 1.54) is 173 Å². The van der Waals surface area contributed by atoms with Crippen molar-refractivity contribution in [3.8, 4) is 0 Å². The van der Waals surface area contributed by atoms with Crippen LogP contribution in [0.15, 0.2) is 24.3 Å². The Morgan fingerprint density at radius 1 is 0.540 bits per heavy atom. The molecule has 0 rings (SSSR count). The van der Waals surface area contributed by atoms with Gasteiger partial charge in [0.25, 0.3) is 0 Å². The zero-order valence-corrected chi connectivity index (χ0v) is 43.5. The van der Waals surface area contributed by atoms with Crippen molar-refractivity contribution in [3.63, 3.8) is 0 Å². The standard InChI is InChI=1S/C54H107N2O6P/c1-6-8-10-12-14-16-18-20-22-23-24-25-26-27-28-29-30-31-32-34-35-37-39-41-43-45-47-53(57)52(51-62-63(59,60)61-50-49-56(3,4)5)55-54(58)48-46-44-42-40-38-36-33-21-19-17-15-13-11-9-7-2/h15,17,21,33,52-53,57H,6-14,16,18-20,22-32,34-51H2,1-5H3,(H-,55,58,59,60)/p+1/b17-15-,33-21-. The number of nitrogens with one attached hydrogen (secondary N) is 1. The first-order valence-electron chi connectivity index (χ1n) is 27.2. The smallest absolute Gasteiger partial charge is 0.391 e. The van der Waals surface area contributed by atoms with Gasteiger partial charge in [0.05, 0.1) is 39.9 Å². The summed E-state index contributed by atoms with van der Waals surface area (Å²) in [4.78, 5) is 23.2. The van der Waals surface area contributed by atoms with Gasteiger partial charge in [-0.1, -0.05) is 237 Å². The molecule has 374 valence electrons. The summed E-state index contributed by atoms with van der Waals surface area (Å²) in [6.07, 6.45) is 56.6. The van der Waals surface area contributed by atoms with Crippen LogP contribution in [-0.2, 0) is 18.4 Å². The summed E-state index contributed by atoms with van der Waals surface area (Å²) in [6, 6.07) is -0.767. The molecule has 63 heavy (non-hydrogen) atoms. The van der Waals surface area contributed by atoms with E-state index >= 15 is 0 Å². The van der Waals surface area contributed by atoms with Gasteiger partial charge in [-0.25, -0.2) is 4.57 Å². The minimum atomic E-state index is -4.32. The third-order valence-corrected chi connectivity index (χ3v) is 13.4. The molecule has 0 fully saturated rings. The minimum absolute atomic E-state index is 0.0727. The highest BCUT2D eigenvalue weighted by Crippen LogP contribution is 2.43. The van der Waals surface area contributed by atoms with Crippen LogP contribution in [0, 0.1) is 0 Å². The lowest BCUT2D eigenvalue weighted by Gasteiger charge is -2.26. The fraction of sp³-hybridized carbons (Fsp3) is 0.907. The SMILES string of the molecule is CCCCC/C=C\C/C=C\CCCCCCCC(=O)NC(COP(=O)(O)OCC[N+](C)(C)C)C(O)CCCCCCCCCCCCCCCCCCCCCCCCCCCC. The number of carbonyl (C=O) groups is 1. The molecule has 9 heteroatoms. The first-order chi connectivity index (χ1) is 30.5. The lowest BCUT2D eigenvalue weighted by molar-refractivity contribution is -0.870. The predicted octanol–water partition coefficient (Wildman–Crippen LogP) is 16.0. The zero-order valence-electron chi connectivity index (χ0n) is 42.6. The van der Waals surface area contributed by atoms with E-state index in [9.17, 15) is 19.4 Å². The van der Waals surface area contributed by atoms with Crippen LogP contribution in [0.5, 0.6) is 0 Å². The van der Waals surface area contributed by atoms with Gasteiger partial charge in [0.1, 0.15) is 13.2 Å². The van der Waals surface area contributed by atoms with Crippen molar-refractivity contribution in [1.29, 1.82) is 0 Å². The number of aliphatic hydroxyl groups excluding tert-OH is 1. The molecule has 0 aromatic heterocycles. The number of quaternary nitrogens is 1. The van der Waals surface area contributed by atoms with Gasteiger partial charge in [0, 0.05) is 6.42 Å². The van der Waals surface area contributed by atoms with Crippen LogP contribution in [-0.4, -0.2) is 73.4 Å². The number of hydrogen-bond donors (Lipinski definition) is 3. The Bertz CT molecular complexity index is 1080. The number of nitrogens with zero attached hydrogens (tertiary/aromatic N) is 1. The van der Waals surface area contributed by atoms with E-state index in [0.29, 0.717) is 23.9 Å². The molecular formula is C54H108N2O6P+. The van der Waals surface area contributed by atoms with Crippen LogP contribution >= 0.6 is 7.82 Å². The number of aliphatic hydroxyl groups is 1. The Balaban J connectivity index is 4.15. The molecule has 0 radical (unpaired) electrons. The topological polar surface area (TPSA) is 105 Å². The van der Waals surface area contributed by atoms with Gasteiger partial charge in [0.2, 0.25) is 5.91 Å². The summed E-state index contributed by atoms with van der Waals surface area (Å²) in [7, 11) is 1.61. The second kappa shape index (κ2) is 46.1. The zero-order chi connectivity index (χ0) is 46.4. The van der Waals surface area contributed by atoms with E-state index in [2.05, 4.69) is 43.5 Å². The maximum Gasteiger partial charge on any atom is 0.472 e. The van der Waals surface area contributed by atoms with Crippen molar-refractivity contribution in [2.75, 3.05) is 40.9 Å². The van der Waals surface area contributed by atoms with Crippen LogP contribution in [0.4, 0.5) is 0 Å². The number of phosphoric acid groups is 1. The van der Waals surface area contributed by atoms with E-state index in [1.54, 1.807) is 0 Å². The Morgan fingerprint density at radius 2 is 0.905 bits per heavy atom. The molecule has 1 amide bonds. The number of likely N-dealkylation sites (N-methyl/N-ethyl adjacent to an activating group) is 1. The number of carbonyl (C=O) groups excluding carboxylic acids is 1. The quantitative estimate of drug-likeness (QED) is 0.0243. The van der Waals surface area contributed by atoms with Crippen molar-refractivity contribution in [1.82, 2.24) is 5.32 Å². The number of hydrogen-bond acceptors (Lipinski definition) is 5. The highest BCUT2D eigenvalue weighted by molar-refractivity contribution is 7.47. The number of phosphoric ester groups is 1. The van der Waals surface area contributed by atoms with Crippen LogP contribution in [0.25, 0.3) is 0 Å².